The highest BCUT2D eigenvalue weighted by Crippen LogP contribution is 2.34. The lowest BCUT2D eigenvalue weighted by Gasteiger charge is -2.37. The fourth-order valence-corrected chi connectivity index (χ4v) is 3.07. The van der Waals surface area contributed by atoms with Crippen LogP contribution in [0.3, 0.4) is 0 Å². The first-order valence-electron chi connectivity index (χ1n) is 7.79. The number of alkyl halides is 3. The topological polar surface area (TPSA) is 48.8 Å². The van der Waals surface area contributed by atoms with Gasteiger partial charge in [-0.2, -0.15) is 18.2 Å². The van der Waals surface area contributed by atoms with Crippen molar-refractivity contribution < 1.29 is 18.0 Å². The summed E-state index contributed by atoms with van der Waals surface area (Å²) in [5.41, 5.74) is 0.645. The van der Waals surface area contributed by atoms with Crippen molar-refractivity contribution in [2.24, 2.45) is 4.99 Å². The molecular weight excluding hydrogens is 369 g/mol. The number of isocyanates is 1. The quantitative estimate of drug-likeness (QED) is 0.593. The summed E-state index contributed by atoms with van der Waals surface area (Å²) in [5, 5.41) is -0.00986. The summed E-state index contributed by atoms with van der Waals surface area (Å²) in [6.07, 6.45) is -2.17. The summed E-state index contributed by atoms with van der Waals surface area (Å²) in [7, 11) is 0. The fourth-order valence-electron chi connectivity index (χ4n) is 2.79. The zero-order valence-corrected chi connectivity index (χ0v) is 14.3. The molecule has 9 heteroatoms. The van der Waals surface area contributed by atoms with Crippen LogP contribution in [-0.2, 0) is 11.0 Å². The van der Waals surface area contributed by atoms with Crippen LogP contribution in [0.1, 0.15) is 5.56 Å². The number of piperazine rings is 1. The highest BCUT2D eigenvalue weighted by atomic mass is 35.5. The Hall–Kier alpha value is -2.57. The van der Waals surface area contributed by atoms with E-state index in [2.05, 4.69) is 14.9 Å². The van der Waals surface area contributed by atoms with Gasteiger partial charge < -0.3 is 9.80 Å². The third-order valence-electron chi connectivity index (χ3n) is 4.12. The molecule has 0 atom stereocenters. The van der Waals surface area contributed by atoms with Crippen LogP contribution in [0, 0.1) is 0 Å². The smallest absolute Gasteiger partial charge is 0.368 e. The Morgan fingerprint density at radius 1 is 1.08 bits per heavy atom. The minimum atomic E-state index is -4.46. The molecule has 0 N–H and O–H groups in total. The maximum absolute atomic E-state index is 12.7. The van der Waals surface area contributed by atoms with Gasteiger partial charge in [0.15, 0.2) is 0 Å². The molecule has 0 amide bonds. The molecule has 5 nitrogen and oxygen atoms in total. The van der Waals surface area contributed by atoms with E-state index < -0.39 is 11.7 Å². The Morgan fingerprint density at radius 2 is 1.69 bits per heavy atom. The number of halogens is 4. The molecule has 0 spiro atoms. The van der Waals surface area contributed by atoms with Gasteiger partial charge in [-0.3, -0.25) is 0 Å². The van der Waals surface area contributed by atoms with Gasteiger partial charge >= 0.3 is 6.18 Å². The van der Waals surface area contributed by atoms with E-state index in [4.69, 9.17) is 11.6 Å². The first kappa shape index (κ1) is 18.2. The Balaban J connectivity index is 1.67. The molecule has 3 rings (SSSR count). The molecule has 136 valence electrons. The van der Waals surface area contributed by atoms with Crippen molar-refractivity contribution in [2.75, 3.05) is 36.0 Å². The van der Waals surface area contributed by atoms with Crippen molar-refractivity contribution >= 4 is 34.9 Å². The zero-order chi connectivity index (χ0) is 18.7. The molecule has 1 aliphatic rings. The van der Waals surface area contributed by atoms with Crippen LogP contribution < -0.4 is 9.80 Å². The molecule has 1 aromatic carbocycles. The first-order valence-corrected chi connectivity index (χ1v) is 8.17. The van der Waals surface area contributed by atoms with Crippen molar-refractivity contribution in [1.29, 1.82) is 0 Å². The van der Waals surface area contributed by atoms with E-state index in [1.807, 2.05) is 17.0 Å². The predicted molar refractivity (Wildman–Crippen MR) is 92.9 cm³/mol. The summed E-state index contributed by atoms with van der Waals surface area (Å²) in [4.78, 5) is 21.7. The fraction of sp³-hybridized carbons (Fsp3) is 0.294. The van der Waals surface area contributed by atoms with E-state index in [1.54, 1.807) is 12.1 Å². The monoisotopic (exact) mass is 382 g/mol. The Bertz CT molecular complexity index is 827. The van der Waals surface area contributed by atoms with Gasteiger partial charge in [0.1, 0.15) is 5.82 Å². The number of carbonyl (C=O) groups excluding carboxylic acids is 1. The van der Waals surface area contributed by atoms with Crippen molar-refractivity contribution in [3.05, 3.63) is 47.1 Å². The van der Waals surface area contributed by atoms with Gasteiger partial charge in [-0.15, -0.1) is 0 Å². The third-order valence-corrected chi connectivity index (χ3v) is 4.40. The van der Waals surface area contributed by atoms with Gasteiger partial charge in [-0.25, -0.2) is 9.78 Å². The van der Waals surface area contributed by atoms with Gasteiger partial charge in [0, 0.05) is 38.1 Å². The van der Waals surface area contributed by atoms with Gasteiger partial charge in [0.05, 0.1) is 16.3 Å². The summed E-state index contributed by atoms with van der Waals surface area (Å²) in [6, 6.07) is 8.06. The Labute approximate surface area is 152 Å². The maximum Gasteiger partial charge on any atom is 0.417 e. The predicted octanol–water partition coefficient (Wildman–Crippen LogP) is 4.05. The van der Waals surface area contributed by atoms with Crippen LogP contribution in [0.5, 0.6) is 0 Å². The van der Waals surface area contributed by atoms with Crippen molar-refractivity contribution in [2.45, 2.75) is 6.18 Å². The largest absolute Gasteiger partial charge is 0.417 e. The molecule has 1 aliphatic heterocycles. The zero-order valence-electron chi connectivity index (χ0n) is 13.5. The van der Waals surface area contributed by atoms with E-state index in [0.717, 1.165) is 18.0 Å². The average molecular weight is 383 g/mol. The molecule has 2 aromatic rings. The number of hydrogen-bond donors (Lipinski definition) is 0. The number of aromatic nitrogens is 1. The minimum absolute atomic E-state index is 0.00986. The molecule has 0 bridgehead atoms. The Morgan fingerprint density at radius 3 is 2.23 bits per heavy atom. The second-order valence-electron chi connectivity index (χ2n) is 5.72. The number of aliphatic imine (C=N–C) groups is 1. The molecule has 0 radical (unpaired) electrons. The lowest BCUT2D eigenvalue weighted by molar-refractivity contribution is -0.137. The third kappa shape index (κ3) is 3.98. The minimum Gasteiger partial charge on any atom is -0.368 e. The standard InChI is InChI=1S/C17H14ClF3N4O/c18-15-9-12(17(19,20)21)10-22-16(15)25-7-5-24(6-8-25)14-3-1-13(2-4-14)23-11-26/h1-4,9-10H,5-8H2. The number of pyridine rings is 1. The second kappa shape index (κ2) is 7.35. The van der Waals surface area contributed by atoms with Crippen LogP contribution in [0.25, 0.3) is 0 Å². The highest BCUT2D eigenvalue weighted by molar-refractivity contribution is 6.33. The van der Waals surface area contributed by atoms with Gasteiger partial charge in [0.25, 0.3) is 0 Å². The molecule has 0 unspecified atom stereocenters. The summed E-state index contributed by atoms with van der Waals surface area (Å²) >= 11 is 6.01. The molecule has 0 saturated carbocycles. The molecule has 1 fully saturated rings. The lowest BCUT2D eigenvalue weighted by Crippen LogP contribution is -2.47. The first-order chi connectivity index (χ1) is 12.4. The van der Waals surface area contributed by atoms with E-state index in [9.17, 15) is 18.0 Å². The molecular formula is C17H14ClF3N4O. The number of benzene rings is 1. The average Bonchev–Trinajstić information content (AvgIpc) is 2.62. The number of rotatable bonds is 3. The lowest BCUT2D eigenvalue weighted by atomic mass is 10.2. The SMILES string of the molecule is O=C=Nc1ccc(N2CCN(c3ncc(C(F)(F)F)cc3Cl)CC2)cc1. The number of anilines is 2. The summed E-state index contributed by atoms with van der Waals surface area (Å²) < 4.78 is 38.1. The van der Waals surface area contributed by atoms with E-state index in [-0.39, 0.29) is 5.02 Å². The van der Waals surface area contributed by atoms with Crippen LogP contribution >= 0.6 is 11.6 Å². The highest BCUT2D eigenvalue weighted by Gasteiger charge is 2.32. The van der Waals surface area contributed by atoms with Crippen LogP contribution in [0.15, 0.2) is 41.5 Å². The van der Waals surface area contributed by atoms with E-state index in [0.29, 0.717) is 37.7 Å². The van der Waals surface area contributed by atoms with Gasteiger partial charge in [-0.05, 0) is 30.3 Å². The summed E-state index contributed by atoms with van der Waals surface area (Å²) in [6.45, 7) is 2.48. The van der Waals surface area contributed by atoms with Crippen LogP contribution in [-0.4, -0.2) is 37.2 Å². The van der Waals surface area contributed by atoms with Gasteiger partial charge in [0.2, 0.25) is 6.08 Å². The Kier molecular flexibility index (Phi) is 5.15. The van der Waals surface area contributed by atoms with Gasteiger partial charge in [-0.1, -0.05) is 11.6 Å². The number of nitrogens with zero attached hydrogens (tertiary/aromatic N) is 4. The molecule has 0 aliphatic carbocycles. The second-order valence-corrected chi connectivity index (χ2v) is 6.13. The summed E-state index contributed by atoms with van der Waals surface area (Å²) in [5.74, 6) is 0.356. The maximum atomic E-state index is 12.7. The molecule has 1 saturated heterocycles. The normalized spacial score (nSPS) is 14.9. The molecule has 1 aromatic heterocycles. The van der Waals surface area contributed by atoms with E-state index >= 15 is 0 Å². The number of hydrogen-bond acceptors (Lipinski definition) is 5. The van der Waals surface area contributed by atoms with Crippen LogP contribution in [0.4, 0.5) is 30.4 Å². The van der Waals surface area contributed by atoms with E-state index in [1.165, 1.54) is 6.08 Å². The van der Waals surface area contributed by atoms with Crippen molar-refractivity contribution in [3.63, 3.8) is 0 Å². The van der Waals surface area contributed by atoms with Crippen molar-refractivity contribution in [1.82, 2.24) is 4.98 Å². The van der Waals surface area contributed by atoms with Crippen LogP contribution in [0.2, 0.25) is 5.02 Å². The molecule has 26 heavy (non-hydrogen) atoms. The molecule has 2 heterocycles. The van der Waals surface area contributed by atoms with Crippen molar-refractivity contribution in [3.8, 4) is 0 Å².